The van der Waals surface area contributed by atoms with Gasteiger partial charge in [-0.2, -0.15) is 5.26 Å². The molecule has 0 radical (unpaired) electrons. The Morgan fingerprint density at radius 3 is 2.65 bits per heavy atom. The second kappa shape index (κ2) is 6.65. The van der Waals surface area contributed by atoms with Crippen LogP contribution in [-0.2, 0) is 11.3 Å². The van der Waals surface area contributed by atoms with Crippen molar-refractivity contribution in [3.63, 3.8) is 0 Å². The first kappa shape index (κ1) is 14.0. The first-order valence-corrected chi connectivity index (χ1v) is 6.36. The molecule has 0 heterocycles. The Morgan fingerprint density at radius 2 is 1.95 bits per heavy atom. The fourth-order valence-corrected chi connectivity index (χ4v) is 1.85. The highest BCUT2D eigenvalue weighted by molar-refractivity contribution is 5.96. The van der Waals surface area contributed by atoms with E-state index in [9.17, 15) is 4.79 Å². The van der Waals surface area contributed by atoms with E-state index in [1.807, 2.05) is 37.3 Å². The number of hydrogen-bond acceptors (Lipinski definition) is 3. The summed E-state index contributed by atoms with van der Waals surface area (Å²) in [6.45, 7) is 2.26. The van der Waals surface area contributed by atoms with Crippen LogP contribution in [0.2, 0.25) is 0 Å². The molecule has 0 unspecified atom stereocenters. The van der Waals surface area contributed by atoms with Gasteiger partial charge in [-0.15, -0.1) is 0 Å². The molecule has 0 fully saturated rings. The van der Waals surface area contributed by atoms with Crippen molar-refractivity contribution in [1.29, 1.82) is 5.26 Å². The van der Waals surface area contributed by atoms with Crippen molar-refractivity contribution in [2.24, 2.45) is 0 Å². The van der Waals surface area contributed by atoms with E-state index in [1.54, 1.807) is 18.2 Å². The maximum atomic E-state index is 11.8. The van der Waals surface area contributed by atoms with Crippen molar-refractivity contribution < 1.29 is 9.53 Å². The first-order chi connectivity index (χ1) is 9.70. The highest BCUT2D eigenvalue weighted by Crippen LogP contribution is 2.11. The molecule has 20 heavy (non-hydrogen) atoms. The molecule has 0 bridgehead atoms. The summed E-state index contributed by atoms with van der Waals surface area (Å²) in [5.41, 5.74) is 3.12. The third-order valence-corrected chi connectivity index (χ3v) is 3.02. The largest absolute Gasteiger partial charge is 0.369 e. The summed E-state index contributed by atoms with van der Waals surface area (Å²) in [4.78, 5) is 11.8. The summed E-state index contributed by atoms with van der Waals surface area (Å²) in [6.07, 6.45) is 0. The monoisotopic (exact) mass is 265 g/mol. The second-order valence-electron chi connectivity index (χ2n) is 4.54. The minimum Gasteiger partial charge on any atom is -0.369 e. The number of aryl methyl sites for hydroxylation is 1. The van der Waals surface area contributed by atoms with Gasteiger partial charge >= 0.3 is 0 Å². The number of hydrogen-bond donors (Lipinski definition) is 0. The normalized spacial score (nSPS) is 10.0. The predicted octanol–water partition coefficient (Wildman–Crippen LogP) is 3.27. The number of carbonyl (C=O) groups is 1. The summed E-state index contributed by atoms with van der Waals surface area (Å²) < 4.78 is 5.42. The lowest BCUT2D eigenvalue weighted by Crippen LogP contribution is -2.09. The van der Waals surface area contributed by atoms with Gasteiger partial charge in [-0.25, -0.2) is 0 Å². The van der Waals surface area contributed by atoms with Crippen molar-refractivity contribution in [3.05, 3.63) is 70.8 Å². The molecule has 100 valence electrons. The zero-order chi connectivity index (χ0) is 14.4. The Morgan fingerprint density at radius 1 is 1.20 bits per heavy atom. The highest BCUT2D eigenvalue weighted by atomic mass is 16.5. The molecule has 2 aromatic rings. The number of Topliss-reactive ketones (excluding diaryl/α,β-unsaturated/α-hetero) is 1. The molecule has 0 aromatic heterocycles. The van der Waals surface area contributed by atoms with Crippen molar-refractivity contribution in [1.82, 2.24) is 0 Å². The Kier molecular flexibility index (Phi) is 4.65. The molecule has 0 spiro atoms. The van der Waals surface area contributed by atoms with Gasteiger partial charge in [-0.1, -0.05) is 42.5 Å². The lowest BCUT2D eigenvalue weighted by atomic mass is 10.1. The summed E-state index contributed by atoms with van der Waals surface area (Å²) >= 11 is 0. The Hall–Kier alpha value is -2.44. The van der Waals surface area contributed by atoms with Crippen LogP contribution in [-0.4, -0.2) is 12.4 Å². The summed E-state index contributed by atoms with van der Waals surface area (Å²) in [7, 11) is 0. The molecule has 0 amide bonds. The van der Waals surface area contributed by atoms with Crippen LogP contribution in [0.3, 0.4) is 0 Å². The van der Waals surface area contributed by atoms with Crippen LogP contribution >= 0.6 is 0 Å². The van der Waals surface area contributed by atoms with Gasteiger partial charge in [0.15, 0.2) is 5.78 Å². The fourth-order valence-electron chi connectivity index (χ4n) is 1.85. The number of benzene rings is 2. The van der Waals surface area contributed by atoms with E-state index in [-0.39, 0.29) is 12.4 Å². The van der Waals surface area contributed by atoms with E-state index in [4.69, 9.17) is 10.00 Å². The van der Waals surface area contributed by atoms with Crippen LogP contribution in [0.25, 0.3) is 0 Å². The van der Waals surface area contributed by atoms with Crippen molar-refractivity contribution in [2.45, 2.75) is 13.5 Å². The Bertz CT molecular complexity index is 642. The van der Waals surface area contributed by atoms with Crippen LogP contribution < -0.4 is 0 Å². The molecule has 0 N–H and O–H groups in total. The molecule has 2 rings (SSSR count). The van der Waals surface area contributed by atoms with E-state index in [0.717, 1.165) is 11.1 Å². The third-order valence-electron chi connectivity index (χ3n) is 3.02. The predicted molar refractivity (Wildman–Crippen MR) is 76.3 cm³/mol. The van der Waals surface area contributed by atoms with E-state index < -0.39 is 0 Å². The second-order valence-corrected chi connectivity index (χ2v) is 4.54. The van der Waals surface area contributed by atoms with Gasteiger partial charge in [0.2, 0.25) is 0 Å². The molecule has 3 heteroatoms. The van der Waals surface area contributed by atoms with Crippen LogP contribution in [0, 0.1) is 18.3 Å². The molecule has 3 nitrogen and oxygen atoms in total. The van der Waals surface area contributed by atoms with Crippen LogP contribution in [0.1, 0.15) is 27.0 Å². The van der Waals surface area contributed by atoms with Gasteiger partial charge in [0.25, 0.3) is 0 Å². The number of carbonyl (C=O) groups excluding carboxylic acids is 1. The van der Waals surface area contributed by atoms with Gasteiger partial charge in [0.1, 0.15) is 6.61 Å². The van der Waals surface area contributed by atoms with Gasteiger partial charge in [0.05, 0.1) is 18.2 Å². The average molecular weight is 265 g/mol. The molecule has 0 saturated heterocycles. The zero-order valence-electron chi connectivity index (χ0n) is 11.3. The molecule has 0 aliphatic heterocycles. The van der Waals surface area contributed by atoms with E-state index in [2.05, 4.69) is 6.07 Å². The Balaban J connectivity index is 1.91. The number of nitriles is 1. The topological polar surface area (TPSA) is 50.1 Å². The number of nitrogens with zero attached hydrogens (tertiary/aromatic N) is 1. The molecule has 0 atom stereocenters. The lowest BCUT2D eigenvalue weighted by molar-refractivity contribution is 0.0726. The van der Waals surface area contributed by atoms with E-state index in [0.29, 0.717) is 17.7 Å². The van der Waals surface area contributed by atoms with Crippen LogP contribution in [0.4, 0.5) is 0 Å². The van der Waals surface area contributed by atoms with E-state index >= 15 is 0 Å². The van der Waals surface area contributed by atoms with Gasteiger partial charge in [-0.3, -0.25) is 4.79 Å². The summed E-state index contributed by atoms with van der Waals surface area (Å²) in [5, 5.41) is 8.96. The van der Waals surface area contributed by atoms with Crippen LogP contribution in [0.15, 0.2) is 48.5 Å². The van der Waals surface area contributed by atoms with Gasteiger partial charge in [-0.05, 0) is 24.1 Å². The molecular weight excluding hydrogens is 250 g/mol. The molecule has 0 aliphatic carbocycles. The minimum absolute atomic E-state index is 0.0414. The maximum absolute atomic E-state index is 11.8. The quantitative estimate of drug-likeness (QED) is 0.780. The minimum atomic E-state index is -0.0433. The lowest BCUT2D eigenvalue weighted by Gasteiger charge is -2.05. The SMILES string of the molecule is Cc1ccc(COCC(=O)c2ccccc2)cc1C#N. The summed E-state index contributed by atoms with van der Waals surface area (Å²) in [5.74, 6) is -0.0433. The van der Waals surface area contributed by atoms with Crippen molar-refractivity contribution >= 4 is 5.78 Å². The van der Waals surface area contributed by atoms with Crippen molar-refractivity contribution in [3.8, 4) is 6.07 Å². The first-order valence-electron chi connectivity index (χ1n) is 6.36. The maximum Gasteiger partial charge on any atom is 0.188 e. The number of rotatable bonds is 5. The molecule has 0 aliphatic rings. The van der Waals surface area contributed by atoms with Crippen molar-refractivity contribution in [2.75, 3.05) is 6.61 Å². The zero-order valence-corrected chi connectivity index (χ0v) is 11.3. The Labute approximate surface area is 118 Å². The molecule has 0 saturated carbocycles. The van der Waals surface area contributed by atoms with Crippen LogP contribution in [0.5, 0.6) is 0 Å². The van der Waals surface area contributed by atoms with E-state index in [1.165, 1.54) is 0 Å². The standard InChI is InChI=1S/C17H15NO2/c1-13-7-8-14(9-16(13)10-18)11-20-12-17(19)15-5-3-2-4-6-15/h2-9H,11-12H2,1H3. The van der Waals surface area contributed by atoms with Gasteiger partial charge < -0.3 is 4.74 Å². The molecule has 2 aromatic carbocycles. The number of ketones is 1. The third kappa shape index (κ3) is 3.53. The fraction of sp³-hybridized carbons (Fsp3) is 0.176. The number of ether oxygens (including phenoxy) is 1. The average Bonchev–Trinajstić information content (AvgIpc) is 2.49. The summed E-state index contributed by atoms with van der Waals surface area (Å²) in [6, 6.07) is 16.8. The smallest absolute Gasteiger partial charge is 0.188 e. The molecular formula is C17H15NO2. The highest BCUT2D eigenvalue weighted by Gasteiger charge is 2.05. The van der Waals surface area contributed by atoms with Gasteiger partial charge in [0, 0.05) is 5.56 Å².